The molecular formula is C19H23N3O2. The summed E-state index contributed by atoms with van der Waals surface area (Å²) in [4.78, 5) is 30.9. The molecule has 0 saturated carbocycles. The van der Waals surface area contributed by atoms with Gasteiger partial charge in [-0.25, -0.2) is 0 Å². The molecule has 1 aromatic carbocycles. The molecule has 1 fully saturated rings. The number of rotatable bonds is 5. The topological polar surface area (TPSA) is 56.4 Å². The number of ketones is 1. The largest absolute Gasteiger partial charge is 0.371 e. The number of aromatic nitrogens is 1. The van der Waals surface area contributed by atoms with Gasteiger partial charge >= 0.3 is 0 Å². The first-order valence-corrected chi connectivity index (χ1v) is 8.34. The van der Waals surface area contributed by atoms with E-state index >= 15 is 0 Å². The van der Waals surface area contributed by atoms with Crippen molar-refractivity contribution in [2.75, 3.05) is 25.0 Å². The molecule has 24 heavy (non-hydrogen) atoms. The van der Waals surface area contributed by atoms with Crippen LogP contribution in [0.4, 0.5) is 5.69 Å². The highest BCUT2D eigenvalue weighted by atomic mass is 16.2. The number of carbonyl (C=O) groups is 2. The third-order valence-electron chi connectivity index (χ3n) is 4.51. The number of carbonyl (C=O) groups excluding carboxylic acids is 2. The zero-order chi connectivity index (χ0) is 17.1. The minimum atomic E-state index is -0.112. The molecule has 1 aliphatic heterocycles. The van der Waals surface area contributed by atoms with Crippen LogP contribution in [0.15, 0.2) is 36.5 Å². The number of amides is 1. The Bertz CT molecular complexity index is 745. The van der Waals surface area contributed by atoms with Crippen molar-refractivity contribution >= 4 is 17.4 Å². The van der Waals surface area contributed by atoms with E-state index in [9.17, 15) is 9.59 Å². The SMILES string of the molecule is CC(=O)c1c[nH]c(C(=O)N(C)Cc2ccccc2N2CCCC2)c1. The third kappa shape index (κ3) is 3.35. The van der Waals surface area contributed by atoms with Crippen LogP contribution in [0.1, 0.15) is 46.2 Å². The number of benzene rings is 1. The minimum Gasteiger partial charge on any atom is -0.371 e. The summed E-state index contributed by atoms with van der Waals surface area (Å²) >= 11 is 0. The van der Waals surface area contributed by atoms with Crippen LogP contribution in [0, 0.1) is 0 Å². The van der Waals surface area contributed by atoms with Crippen molar-refractivity contribution in [1.82, 2.24) is 9.88 Å². The fraction of sp³-hybridized carbons (Fsp3) is 0.368. The summed E-state index contributed by atoms with van der Waals surface area (Å²) in [6.45, 7) is 4.19. The van der Waals surface area contributed by atoms with Gasteiger partial charge in [-0.3, -0.25) is 9.59 Å². The van der Waals surface area contributed by atoms with E-state index < -0.39 is 0 Å². The lowest BCUT2D eigenvalue weighted by molar-refractivity contribution is 0.0780. The second-order valence-electron chi connectivity index (χ2n) is 6.34. The maximum absolute atomic E-state index is 12.6. The van der Waals surface area contributed by atoms with Crippen molar-refractivity contribution < 1.29 is 9.59 Å². The predicted octanol–water partition coefficient (Wildman–Crippen LogP) is 3.09. The van der Waals surface area contributed by atoms with E-state index in [-0.39, 0.29) is 11.7 Å². The van der Waals surface area contributed by atoms with E-state index in [0.29, 0.717) is 17.8 Å². The number of Topliss-reactive ketones (excluding diaryl/α,β-unsaturated/α-hetero) is 1. The second kappa shape index (κ2) is 6.91. The van der Waals surface area contributed by atoms with E-state index in [4.69, 9.17) is 0 Å². The average Bonchev–Trinajstić information content (AvgIpc) is 3.26. The molecule has 0 spiro atoms. The number of hydrogen-bond donors (Lipinski definition) is 1. The molecule has 2 heterocycles. The van der Waals surface area contributed by atoms with E-state index in [1.807, 2.05) is 12.1 Å². The van der Waals surface area contributed by atoms with Gasteiger partial charge < -0.3 is 14.8 Å². The molecule has 5 heteroatoms. The Hall–Kier alpha value is -2.56. The van der Waals surface area contributed by atoms with Gasteiger partial charge in [-0.2, -0.15) is 0 Å². The highest BCUT2D eigenvalue weighted by Gasteiger charge is 2.19. The molecule has 126 valence electrons. The first-order chi connectivity index (χ1) is 11.6. The Labute approximate surface area is 142 Å². The Kier molecular flexibility index (Phi) is 4.69. The van der Waals surface area contributed by atoms with E-state index in [1.165, 1.54) is 25.5 Å². The molecule has 0 unspecified atom stereocenters. The van der Waals surface area contributed by atoms with Gasteiger partial charge in [0.25, 0.3) is 5.91 Å². The fourth-order valence-corrected chi connectivity index (χ4v) is 3.17. The van der Waals surface area contributed by atoms with Crippen LogP contribution in [-0.4, -0.2) is 41.7 Å². The molecule has 1 N–H and O–H groups in total. The fourth-order valence-electron chi connectivity index (χ4n) is 3.17. The summed E-state index contributed by atoms with van der Waals surface area (Å²) in [5.41, 5.74) is 3.34. The molecule has 3 rings (SSSR count). The zero-order valence-electron chi connectivity index (χ0n) is 14.2. The second-order valence-corrected chi connectivity index (χ2v) is 6.34. The van der Waals surface area contributed by atoms with Gasteiger partial charge in [0.2, 0.25) is 0 Å². The molecule has 2 aromatic rings. The van der Waals surface area contributed by atoms with Crippen molar-refractivity contribution in [3.05, 3.63) is 53.3 Å². The number of H-pyrrole nitrogens is 1. The molecule has 0 aliphatic carbocycles. The molecule has 0 atom stereocenters. The van der Waals surface area contributed by atoms with Gasteiger partial charge in [-0.05, 0) is 37.5 Å². The minimum absolute atomic E-state index is 0.0488. The predicted molar refractivity (Wildman–Crippen MR) is 94.5 cm³/mol. The molecule has 0 radical (unpaired) electrons. The summed E-state index contributed by atoms with van der Waals surface area (Å²) in [5.74, 6) is -0.161. The lowest BCUT2D eigenvalue weighted by Crippen LogP contribution is -2.28. The van der Waals surface area contributed by atoms with E-state index in [0.717, 1.165) is 18.7 Å². The summed E-state index contributed by atoms with van der Waals surface area (Å²) < 4.78 is 0. The van der Waals surface area contributed by atoms with Crippen molar-refractivity contribution in [3.8, 4) is 0 Å². The van der Waals surface area contributed by atoms with Crippen LogP contribution in [-0.2, 0) is 6.54 Å². The van der Waals surface area contributed by atoms with E-state index in [2.05, 4.69) is 22.0 Å². The summed E-state index contributed by atoms with van der Waals surface area (Å²) in [7, 11) is 1.79. The van der Waals surface area contributed by atoms with Gasteiger partial charge in [0.15, 0.2) is 5.78 Å². The van der Waals surface area contributed by atoms with Crippen molar-refractivity contribution in [2.45, 2.75) is 26.3 Å². The quantitative estimate of drug-likeness (QED) is 0.860. The summed E-state index contributed by atoms with van der Waals surface area (Å²) in [6.07, 6.45) is 4.03. The first-order valence-electron chi connectivity index (χ1n) is 8.34. The molecule has 1 aliphatic rings. The molecule has 1 aromatic heterocycles. The molecule has 5 nitrogen and oxygen atoms in total. The van der Waals surface area contributed by atoms with Crippen molar-refractivity contribution in [2.24, 2.45) is 0 Å². The van der Waals surface area contributed by atoms with Gasteiger partial charge in [0, 0.05) is 44.1 Å². The maximum atomic E-state index is 12.6. The van der Waals surface area contributed by atoms with Crippen LogP contribution < -0.4 is 4.90 Å². The summed E-state index contributed by atoms with van der Waals surface area (Å²) in [6, 6.07) is 9.88. The van der Waals surface area contributed by atoms with Crippen LogP contribution in [0.5, 0.6) is 0 Å². The van der Waals surface area contributed by atoms with E-state index in [1.54, 1.807) is 24.2 Å². The molecule has 1 amide bonds. The van der Waals surface area contributed by atoms with Gasteiger partial charge in [-0.15, -0.1) is 0 Å². The third-order valence-corrected chi connectivity index (χ3v) is 4.51. The Balaban J connectivity index is 1.75. The molecule has 0 bridgehead atoms. The highest BCUT2D eigenvalue weighted by Crippen LogP contribution is 2.25. The van der Waals surface area contributed by atoms with Crippen LogP contribution >= 0.6 is 0 Å². The number of para-hydroxylation sites is 1. The normalized spacial score (nSPS) is 14.0. The monoisotopic (exact) mass is 325 g/mol. The highest BCUT2D eigenvalue weighted by molar-refractivity contribution is 5.99. The summed E-state index contributed by atoms with van der Waals surface area (Å²) in [5, 5.41) is 0. The first kappa shape index (κ1) is 16.3. The zero-order valence-corrected chi connectivity index (χ0v) is 14.2. The number of nitrogens with one attached hydrogen (secondary N) is 1. The Morgan fingerprint density at radius 1 is 1.21 bits per heavy atom. The van der Waals surface area contributed by atoms with Crippen LogP contribution in [0.25, 0.3) is 0 Å². The number of anilines is 1. The average molecular weight is 325 g/mol. The van der Waals surface area contributed by atoms with Crippen molar-refractivity contribution in [3.63, 3.8) is 0 Å². The smallest absolute Gasteiger partial charge is 0.270 e. The lowest BCUT2D eigenvalue weighted by atomic mass is 10.1. The Morgan fingerprint density at radius 3 is 2.58 bits per heavy atom. The number of aromatic amines is 1. The van der Waals surface area contributed by atoms with Gasteiger partial charge in [0.1, 0.15) is 5.69 Å². The number of hydrogen-bond acceptors (Lipinski definition) is 3. The van der Waals surface area contributed by atoms with Crippen LogP contribution in [0.2, 0.25) is 0 Å². The standard InChI is InChI=1S/C19H23N3O2/c1-14(23)16-11-17(20-12-16)19(24)21(2)13-15-7-3-4-8-18(15)22-9-5-6-10-22/h3-4,7-8,11-12,20H,5-6,9-10,13H2,1-2H3. The van der Waals surface area contributed by atoms with Gasteiger partial charge in [0.05, 0.1) is 0 Å². The lowest BCUT2D eigenvalue weighted by Gasteiger charge is -2.24. The van der Waals surface area contributed by atoms with Crippen LogP contribution in [0.3, 0.4) is 0 Å². The molecular weight excluding hydrogens is 302 g/mol. The Morgan fingerprint density at radius 2 is 1.92 bits per heavy atom. The number of nitrogens with zero attached hydrogens (tertiary/aromatic N) is 2. The maximum Gasteiger partial charge on any atom is 0.270 e. The van der Waals surface area contributed by atoms with Gasteiger partial charge in [-0.1, -0.05) is 18.2 Å². The van der Waals surface area contributed by atoms with Crippen molar-refractivity contribution in [1.29, 1.82) is 0 Å². The molecule has 1 saturated heterocycles.